The average Bonchev–Trinajstić information content (AvgIpc) is 2.72. The summed E-state index contributed by atoms with van der Waals surface area (Å²) in [5, 5.41) is 1.97. The molecule has 5 nitrogen and oxygen atoms in total. The van der Waals surface area contributed by atoms with E-state index < -0.39 is 11.9 Å². The van der Waals surface area contributed by atoms with E-state index in [4.69, 9.17) is 19.9 Å². The molecule has 0 amide bonds. The van der Waals surface area contributed by atoms with Crippen molar-refractivity contribution in [3.05, 3.63) is 83.2 Å². The normalized spacial score (nSPS) is 15.7. The molecular weight excluding hydrogens is 354 g/mol. The number of carbonyl (C=O) groups excluding carboxylic acids is 1. The molecule has 1 aliphatic heterocycles. The Hall–Kier alpha value is -3.47. The molecule has 2 N–H and O–H groups in total. The first-order valence-corrected chi connectivity index (χ1v) is 9.14. The molecule has 0 saturated heterocycles. The molecule has 0 aromatic heterocycles. The zero-order valence-corrected chi connectivity index (χ0v) is 15.8. The van der Waals surface area contributed by atoms with Gasteiger partial charge in [-0.1, -0.05) is 54.6 Å². The van der Waals surface area contributed by atoms with Crippen LogP contribution in [-0.4, -0.2) is 19.7 Å². The van der Waals surface area contributed by atoms with Gasteiger partial charge in [-0.15, -0.1) is 0 Å². The van der Waals surface area contributed by atoms with Gasteiger partial charge in [0.2, 0.25) is 5.88 Å². The van der Waals surface area contributed by atoms with Gasteiger partial charge in [-0.05, 0) is 18.4 Å². The van der Waals surface area contributed by atoms with Crippen molar-refractivity contribution in [3.63, 3.8) is 0 Å². The van der Waals surface area contributed by atoms with Crippen molar-refractivity contribution in [1.29, 1.82) is 0 Å². The molecule has 0 spiro atoms. The number of hydrogen-bond donors (Lipinski definition) is 1. The van der Waals surface area contributed by atoms with Crippen molar-refractivity contribution in [2.75, 3.05) is 13.7 Å². The molecule has 0 fully saturated rings. The minimum absolute atomic E-state index is 0.0539. The number of esters is 1. The Kier molecular flexibility index (Phi) is 4.65. The third-order valence-corrected chi connectivity index (χ3v) is 4.93. The number of para-hydroxylation sites is 1. The van der Waals surface area contributed by atoms with Gasteiger partial charge in [-0.3, -0.25) is 0 Å². The van der Waals surface area contributed by atoms with Crippen molar-refractivity contribution in [1.82, 2.24) is 0 Å². The van der Waals surface area contributed by atoms with E-state index >= 15 is 0 Å². The molecule has 1 aliphatic rings. The maximum Gasteiger partial charge on any atom is 0.340 e. The second kappa shape index (κ2) is 7.27. The van der Waals surface area contributed by atoms with Crippen LogP contribution in [0, 0.1) is 0 Å². The zero-order valence-electron chi connectivity index (χ0n) is 15.8. The van der Waals surface area contributed by atoms with Gasteiger partial charge in [0.1, 0.15) is 17.1 Å². The number of nitrogens with two attached hydrogens (primary N) is 1. The fourth-order valence-electron chi connectivity index (χ4n) is 3.72. The van der Waals surface area contributed by atoms with Gasteiger partial charge in [0, 0.05) is 16.5 Å². The van der Waals surface area contributed by atoms with Crippen LogP contribution in [0.1, 0.15) is 24.0 Å². The van der Waals surface area contributed by atoms with E-state index in [0.717, 1.165) is 21.9 Å². The van der Waals surface area contributed by atoms with Gasteiger partial charge in [-0.25, -0.2) is 4.79 Å². The van der Waals surface area contributed by atoms with Gasteiger partial charge in [0.05, 0.1) is 19.6 Å². The van der Waals surface area contributed by atoms with Crippen molar-refractivity contribution >= 4 is 16.7 Å². The van der Waals surface area contributed by atoms with Crippen LogP contribution in [0.4, 0.5) is 0 Å². The molecule has 0 radical (unpaired) electrons. The maximum atomic E-state index is 12.8. The van der Waals surface area contributed by atoms with Gasteiger partial charge >= 0.3 is 5.97 Å². The quantitative estimate of drug-likeness (QED) is 0.695. The third-order valence-electron chi connectivity index (χ3n) is 4.93. The Balaban J connectivity index is 2.01. The fourth-order valence-corrected chi connectivity index (χ4v) is 3.72. The zero-order chi connectivity index (χ0) is 19.7. The van der Waals surface area contributed by atoms with Crippen molar-refractivity contribution in [2.24, 2.45) is 5.73 Å². The summed E-state index contributed by atoms with van der Waals surface area (Å²) in [6.07, 6.45) is 0. The highest BCUT2D eigenvalue weighted by atomic mass is 16.5. The lowest BCUT2D eigenvalue weighted by Crippen LogP contribution is -2.27. The highest BCUT2D eigenvalue weighted by Crippen LogP contribution is 2.47. The van der Waals surface area contributed by atoms with Crippen LogP contribution in [0.3, 0.4) is 0 Å². The molecule has 1 atom stereocenters. The SMILES string of the molecule is CCOC(=O)C1=C(N)Oc2c(ccc3ccccc23)[C@H]1c1ccccc1OC. The van der Waals surface area contributed by atoms with E-state index in [2.05, 4.69) is 0 Å². The second-order valence-corrected chi connectivity index (χ2v) is 6.48. The molecule has 4 rings (SSSR count). The molecule has 0 saturated carbocycles. The molecule has 142 valence electrons. The highest BCUT2D eigenvalue weighted by molar-refractivity contribution is 5.96. The average molecular weight is 375 g/mol. The minimum atomic E-state index is -0.491. The molecule has 5 heteroatoms. The predicted molar refractivity (Wildman–Crippen MR) is 107 cm³/mol. The maximum absolute atomic E-state index is 12.8. The number of hydrogen-bond acceptors (Lipinski definition) is 5. The lowest BCUT2D eigenvalue weighted by molar-refractivity contribution is -0.139. The van der Waals surface area contributed by atoms with Gasteiger partial charge in [0.15, 0.2) is 0 Å². The summed E-state index contributed by atoms with van der Waals surface area (Å²) >= 11 is 0. The smallest absolute Gasteiger partial charge is 0.340 e. The number of ether oxygens (including phenoxy) is 3. The van der Waals surface area contributed by atoms with Crippen LogP contribution < -0.4 is 15.2 Å². The summed E-state index contributed by atoms with van der Waals surface area (Å²) < 4.78 is 16.8. The lowest BCUT2D eigenvalue weighted by Gasteiger charge is -2.30. The summed E-state index contributed by atoms with van der Waals surface area (Å²) in [7, 11) is 1.61. The fraction of sp³-hybridized carbons (Fsp3) is 0.174. The number of methoxy groups -OCH3 is 1. The Bertz CT molecular complexity index is 1090. The monoisotopic (exact) mass is 375 g/mol. The van der Waals surface area contributed by atoms with Crippen LogP contribution in [0.25, 0.3) is 10.8 Å². The molecule has 1 heterocycles. The van der Waals surface area contributed by atoms with E-state index in [1.54, 1.807) is 14.0 Å². The van der Waals surface area contributed by atoms with Crippen LogP contribution in [0.2, 0.25) is 0 Å². The van der Waals surface area contributed by atoms with Crippen LogP contribution in [0.15, 0.2) is 72.1 Å². The number of carbonyl (C=O) groups is 1. The van der Waals surface area contributed by atoms with Crippen LogP contribution >= 0.6 is 0 Å². The largest absolute Gasteiger partial charge is 0.496 e. The Morgan fingerprint density at radius 1 is 1.04 bits per heavy atom. The molecule has 3 aromatic rings. The van der Waals surface area contributed by atoms with E-state index in [1.807, 2.05) is 60.7 Å². The van der Waals surface area contributed by atoms with Gasteiger partial charge in [0.25, 0.3) is 0 Å². The highest BCUT2D eigenvalue weighted by Gasteiger charge is 2.37. The predicted octanol–water partition coefficient (Wildman–Crippen LogP) is 4.11. The van der Waals surface area contributed by atoms with Crippen molar-refractivity contribution in [2.45, 2.75) is 12.8 Å². The summed E-state index contributed by atoms with van der Waals surface area (Å²) in [6.45, 7) is 2.01. The summed E-state index contributed by atoms with van der Waals surface area (Å²) in [6, 6.07) is 19.5. The molecule has 0 bridgehead atoms. The topological polar surface area (TPSA) is 70.8 Å². The molecule has 0 unspecified atom stereocenters. The van der Waals surface area contributed by atoms with Crippen LogP contribution in [0.5, 0.6) is 11.5 Å². The first-order valence-electron chi connectivity index (χ1n) is 9.14. The molecular formula is C23H21NO4. The van der Waals surface area contributed by atoms with E-state index in [9.17, 15) is 4.79 Å². The van der Waals surface area contributed by atoms with Crippen molar-refractivity contribution < 1.29 is 19.0 Å². The Labute approximate surface area is 163 Å². The standard InChI is InChI=1S/C23H21NO4/c1-3-27-23(25)20-19(16-10-6-7-11-18(16)26-2)17-13-12-14-8-4-5-9-15(14)21(17)28-22(20)24/h4-13,19H,3,24H2,1-2H3/t19-/m1/s1. The van der Waals surface area contributed by atoms with Crippen molar-refractivity contribution in [3.8, 4) is 11.5 Å². The first-order chi connectivity index (χ1) is 13.7. The Morgan fingerprint density at radius 3 is 2.57 bits per heavy atom. The lowest BCUT2D eigenvalue weighted by atomic mass is 9.81. The summed E-state index contributed by atoms with van der Waals surface area (Å²) in [5.74, 6) is 0.430. The third kappa shape index (κ3) is 2.85. The van der Waals surface area contributed by atoms with E-state index in [1.165, 1.54) is 0 Å². The molecule has 28 heavy (non-hydrogen) atoms. The number of rotatable bonds is 4. The van der Waals surface area contributed by atoms with E-state index in [-0.39, 0.29) is 18.1 Å². The number of fused-ring (bicyclic) bond motifs is 3. The summed E-state index contributed by atoms with van der Waals surface area (Å²) in [5.41, 5.74) is 8.21. The van der Waals surface area contributed by atoms with E-state index in [0.29, 0.717) is 11.5 Å². The molecule has 3 aromatic carbocycles. The van der Waals surface area contributed by atoms with Gasteiger partial charge in [-0.2, -0.15) is 0 Å². The Morgan fingerprint density at radius 2 is 1.79 bits per heavy atom. The van der Waals surface area contributed by atoms with Crippen LogP contribution in [-0.2, 0) is 9.53 Å². The minimum Gasteiger partial charge on any atom is -0.496 e. The van der Waals surface area contributed by atoms with Gasteiger partial charge < -0.3 is 19.9 Å². The molecule has 0 aliphatic carbocycles. The first kappa shape index (κ1) is 17.9. The summed E-state index contributed by atoms with van der Waals surface area (Å²) in [4.78, 5) is 12.8. The number of benzene rings is 3. The second-order valence-electron chi connectivity index (χ2n) is 6.48.